The maximum Gasteiger partial charge on any atom is 0.329 e. The van der Waals surface area contributed by atoms with Crippen molar-refractivity contribution in [2.75, 3.05) is 24.6 Å². The molecule has 1 saturated heterocycles. The first-order valence-corrected chi connectivity index (χ1v) is 6.39. The van der Waals surface area contributed by atoms with Gasteiger partial charge in [0.25, 0.3) is 0 Å². The van der Waals surface area contributed by atoms with Gasteiger partial charge in [0.15, 0.2) is 5.82 Å². The third kappa shape index (κ3) is 2.20. The van der Waals surface area contributed by atoms with Gasteiger partial charge in [0.1, 0.15) is 17.7 Å². The standard InChI is InChI=1S/C13H16N4O3/c1-9-5-10-12(14-3-4-17(10)15-9)16-7-13(2,8-16)20-6-11(18)19/h3-5H,6-8H2,1-2H3,(H,18,19). The van der Waals surface area contributed by atoms with Crippen LogP contribution in [0.15, 0.2) is 18.5 Å². The number of hydrogen-bond donors (Lipinski definition) is 1. The first-order valence-electron chi connectivity index (χ1n) is 6.39. The lowest BCUT2D eigenvalue weighted by Crippen LogP contribution is -2.62. The molecule has 1 N–H and O–H groups in total. The van der Waals surface area contributed by atoms with E-state index in [-0.39, 0.29) is 6.61 Å². The van der Waals surface area contributed by atoms with E-state index < -0.39 is 11.6 Å². The predicted octanol–water partition coefficient (Wildman–Crippen LogP) is 0.718. The van der Waals surface area contributed by atoms with E-state index in [4.69, 9.17) is 9.84 Å². The van der Waals surface area contributed by atoms with Crippen molar-refractivity contribution in [1.82, 2.24) is 14.6 Å². The molecule has 2 aromatic heterocycles. The molecule has 0 unspecified atom stereocenters. The summed E-state index contributed by atoms with van der Waals surface area (Å²) in [5, 5.41) is 13.0. The van der Waals surface area contributed by atoms with Crippen molar-refractivity contribution in [1.29, 1.82) is 0 Å². The lowest BCUT2D eigenvalue weighted by molar-refractivity contribution is -0.150. The molecular weight excluding hydrogens is 260 g/mol. The van der Waals surface area contributed by atoms with Gasteiger partial charge in [-0.15, -0.1) is 0 Å². The molecule has 0 spiro atoms. The smallest absolute Gasteiger partial charge is 0.329 e. The van der Waals surface area contributed by atoms with Crippen molar-refractivity contribution in [2.24, 2.45) is 0 Å². The summed E-state index contributed by atoms with van der Waals surface area (Å²) in [7, 11) is 0. The molecule has 0 saturated carbocycles. The summed E-state index contributed by atoms with van der Waals surface area (Å²) < 4.78 is 7.20. The van der Waals surface area contributed by atoms with Crippen molar-refractivity contribution >= 4 is 17.3 Å². The lowest BCUT2D eigenvalue weighted by Gasteiger charge is -2.47. The maximum absolute atomic E-state index is 10.6. The fourth-order valence-corrected chi connectivity index (χ4v) is 2.51. The van der Waals surface area contributed by atoms with E-state index in [0.717, 1.165) is 17.0 Å². The second-order valence-electron chi connectivity index (χ2n) is 5.35. The Morgan fingerprint density at radius 2 is 2.30 bits per heavy atom. The molecule has 0 amide bonds. The molecule has 20 heavy (non-hydrogen) atoms. The van der Waals surface area contributed by atoms with Gasteiger partial charge in [0, 0.05) is 12.4 Å². The molecule has 2 aromatic rings. The Bertz CT molecular complexity index is 661. The van der Waals surface area contributed by atoms with Gasteiger partial charge in [-0.25, -0.2) is 14.3 Å². The largest absolute Gasteiger partial charge is 0.480 e. The van der Waals surface area contributed by atoms with Crippen LogP contribution in [0.3, 0.4) is 0 Å². The highest BCUT2D eigenvalue weighted by Gasteiger charge is 2.41. The van der Waals surface area contributed by atoms with Gasteiger partial charge in [0.2, 0.25) is 0 Å². The van der Waals surface area contributed by atoms with Crippen molar-refractivity contribution in [3.05, 3.63) is 24.2 Å². The molecule has 7 heteroatoms. The number of fused-ring (bicyclic) bond motifs is 1. The van der Waals surface area contributed by atoms with Crippen LogP contribution in [0.1, 0.15) is 12.6 Å². The second-order valence-corrected chi connectivity index (χ2v) is 5.35. The van der Waals surface area contributed by atoms with Gasteiger partial charge in [-0.1, -0.05) is 0 Å². The number of ether oxygens (including phenoxy) is 1. The van der Waals surface area contributed by atoms with Crippen LogP contribution in [0, 0.1) is 6.92 Å². The number of aryl methyl sites for hydroxylation is 1. The summed E-state index contributed by atoms with van der Waals surface area (Å²) in [6.07, 6.45) is 3.52. The Kier molecular flexibility index (Phi) is 2.86. The molecule has 1 fully saturated rings. The zero-order valence-electron chi connectivity index (χ0n) is 11.4. The van der Waals surface area contributed by atoms with E-state index in [9.17, 15) is 4.79 Å². The third-order valence-corrected chi connectivity index (χ3v) is 3.39. The highest BCUT2D eigenvalue weighted by molar-refractivity contribution is 5.71. The molecular formula is C13H16N4O3. The minimum Gasteiger partial charge on any atom is -0.480 e. The van der Waals surface area contributed by atoms with Crippen molar-refractivity contribution in [3.8, 4) is 0 Å². The topological polar surface area (TPSA) is 80.0 Å². The third-order valence-electron chi connectivity index (χ3n) is 3.39. The van der Waals surface area contributed by atoms with Crippen LogP contribution in [0.5, 0.6) is 0 Å². The minimum atomic E-state index is -0.948. The fraction of sp³-hybridized carbons (Fsp3) is 0.462. The number of nitrogens with zero attached hydrogens (tertiary/aromatic N) is 4. The van der Waals surface area contributed by atoms with E-state index in [1.165, 1.54) is 0 Å². The number of rotatable bonds is 4. The number of aliphatic carboxylic acids is 1. The summed E-state index contributed by atoms with van der Waals surface area (Å²) in [4.78, 5) is 17.0. The van der Waals surface area contributed by atoms with Crippen LogP contribution in [-0.4, -0.2) is 51.0 Å². The highest BCUT2D eigenvalue weighted by Crippen LogP contribution is 2.31. The maximum atomic E-state index is 10.6. The van der Waals surface area contributed by atoms with Gasteiger partial charge >= 0.3 is 5.97 Å². The van der Waals surface area contributed by atoms with Gasteiger partial charge < -0.3 is 14.7 Å². The SMILES string of the molecule is Cc1cc2c(N3CC(C)(OCC(=O)O)C3)nccn2n1. The number of anilines is 1. The normalized spacial score (nSPS) is 17.2. The minimum absolute atomic E-state index is 0.270. The molecule has 1 aliphatic heterocycles. The predicted molar refractivity (Wildman–Crippen MR) is 71.9 cm³/mol. The van der Waals surface area contributed by atoms with Crippen LogP contribution in [0.2, 0.25) is 0 Å². The summed E-state index contributed by atoms with van der Waals surface area (Å²) in [5.41, 5.74) is 1.46. The number of hydrogen-bond acceptors (Lipinski definition) is 5. The Morgan fingerprint density at radius 1 is 1.55 bits per heavy atom. The monoisotopic (exact) mass is 276 g/mol. The molecule has 3 heterocycles. The van der Waals surface area contributed by atoms with E-state index in [0.29, 0.717) is 13.1 Å². The molecule has 0 aliphatic carbocycles. The Balaban J connectivity index is 1.77. The van der Waals surface area contributed by atoms with Gasteiger partial charge in [-0.05, 0) is 19.9 Å². The van der Waals surface area contributed by atoms with Gasteiger partial charge in [0.05, 0.1) is 18.8 Å². The summed E-state index contributed by atoms with van der Waals surface area (Å²) in [6, 6.07) is 1.98. The van der Waals surface area contributed by atoms with Crippen molar-refractivity contribution in [3.63, 3.8) is 0 Å². The molecule has 106 valence electrons. The van der Waals surface area contributed by atoms with E-state index in [1.54, 1.807) is 10.7 Å². The average molecular weight is 276 g/mol. The number of aromatic nitrogens is 3. The van der Waals surface area contributed by atoms with Crippen LogP contribution in [0.25, 0.3) is 5.52 Å². The van der Waals surface area contributed by atoms with Crippen molar-refractivity contribution < 1.29 is 14.6 Å². The average Bonchev–Trinajstić information content (AvgIpc) is 2.73. The first kappa shape index (κ1) is 12.9. The zero-order chi connectivity index (χ0) is 14.3. The van der Waals surface area contributed by atoms with E-state index >= 15 is 0 Å². The van der Waals surface area contributed by atoms with E-state index in [2.05, 4.69) is 15.0 Å². The molecule has 1 aliphatic rings. The Labute approximate surface area is 115 Å². The van der Waals surface area contributed by atoms with Gasteiger partial charge in [-0.3, -0.25) is 0 Å². The second kappa shape index (κ2) is 4.45. The number of carboxylic acids is 1. The molecule has 0 radical (unpaired) electrons. The lowest BCUT2D eigenvalue weighted by atomic mass is 9.96. The number of carboxylic acid groups (broad SMARTS) is 1. The highest BCUT2D eigenvalue weighted by atomic mass is 16.5. The number of carbonyl (C=O) groups is 1. The Hall–Kier alpha value is -2.15. The Morgan fingerprint density at radius 3 is 3.00 bits per heavy atom. The molecule has 0 bridgehead atoms. The summed E-state index contributed by atoms with van der Waals surface area (Å²) in [6.45, 7) is 4.82. The zero-order valence-corrected chi connectivity index (χ0v) is 11.4. The van der Waals surface area contributed by atoms with Crippen LogP contribution in [-0.2, 0) is 9.53 Å². The van der Waals surface area contributed by atoms with Crippen LogP contribution >= 0.6 is 0 Å². The van der Waals surface area contributed by atoms with Crippen molar-refractivity contribution in [2.45, 2.75) is 19.4 Å². The van der Waals surface area contributed by atoms with Crippen LogP contribution in [0.4, 0.5) is 5.82 Å². The van der Waals surface area contributed by atoms with Gasteiger partial charge in [-0.2, -0.15) is 5.10 Å². The molecule has 0 aromatic carbocycles. The molecule has 7 nitrogen and oxygen atoms in total. The summed E-state index contributed by atoms with van der Waals surface area (Å²) >= 11 is 0. The molecule has 3 rings (SSSR count). The first-order chi connectivity index (χ1) is 9.47. The summed E-state index contributed by atoms with van der Waals surface area (Å²) in [5.74, 6) is -0.0965. The fourth-order valence-electron chi connectivity index (χ4n) is 2.51. The molecule has 0 atom stereocenters. The quantitative estimate of drug-likeness (QED) is 0.886. The van der Waals surface area contributed by atoms with E-state index in [1.807, 2.05) is 26.1 Å². The van der Waals surface area contributed by atoms with Crippen LogP contribution < -0.4 is 4.90 Å².